The zero-order valence-corrected chi connectivity index (χ0v) is 22.1. The van der Waals surface area contributed by atoms with Crippen LogP contribution in [0.4, 0.5) is 5.69 Å². The van der Waals surface area contributed by atoms with Gasteiger partial charge in [-0.1, -0.05) is 19.8 Å². The largest absolute Gasteiger partial charge is 0.491 e. The minimum Gasteiger partial charge on any atom is -0.491 e. The SMILES string of the molecule is CO[C@@H]1CN(C)C(=O)c2cc(NC(=O)C3CCCC3)ccc2OC[C@@H](C)N(C(=O)CC2CC2)C[C@@H]1C. The zero-order valence-electron chi connectivity index (χ0n) is 22.1. The van der Waals surface area contributed by atoms with Gasteiger partial charge in [0, 0.05) is 51.2 Å². The van der Waals surface area contributed by atoms with Crippen molar-refractivity contribution in [2.45, 2.75) is 70.9 Å². The van der Waals surface area contributed by atoms with Crippen molar-refractivity contribution in [3.63, 3.8) is 0 Å². The van der Waals surface area contributed by atoms with Crippen LogP contribution in [0.2, 0.25) is 0 Å². The molecule has 36 heavy (non-hydrogen) atoms. The normalized spacial score (nSPS) is 26.0. The number of fused-ring (bicyclic) bond motifs is 1. The average Bonchev–Trinajstić information content (AvgIpc) is 3.50. The number of likely N-dealkylation sites (N-methyl/N-ethyl adjacent to an activating group) is 1. The van der Waals surface area contributed by atoms with Gasteiger partial charge >= 0.3 is 0 Å². The van der Waals surface area contributed by atoms with Gasteiger partial charge in [0.2, 0.25) is 11.8 Å². The number of hydrogen-bond acceptors (Lipinski definition) is 5. The summed E-state index contributed by atoms with van der Waals surface area (Å²) in [5.41, 5.74) is 0.988. The van der Waals surface area contributed by atoms with Gasteiger partial charge < -0.3 is 24.6 Å². The van der Waals surface area contributed by atoms with Gasteiger partial charge in [-0.2, -0.15) is 0 Å². The highest BCUT2D eigenvalue weighted by atomic mass is 16.5. The predicted molar refractivity (Wildman–Crippen MR) is 138 cm³/mol. The molecular formula is C28H41N3O5. The van der Waals surface area contributed by atoms with Crippen LogP contribution in [0.5, 0.6) is 5.75 Å². The van der Waals surface area contributed by atoms with E-state index >= 15 is 0 Å². The number of ether oxygens (including phenoxy) is 2. The molecule has 1 heterocycles. The number of nitrogens with one attached hydrogen (secondary N) is 1. The van der Waals surface area contributed by atoms with E-state index in [2.05, 4.69) is 12.2 Å². The molecule has 0 unspecified atom stereocenters. The Hall–Kier alpha value is -2.61. The van der Waals surface area contributed by atoms with Gasteiger partial charge in [0.15, 0.2) is 0 Å². The Bertz CT molecular complexity index is 957. The third-order valence-electron chi connectivity index (χ3n) is 7.92. The lowest BCUT2D eigenvalue weighted by Crippen LogP contribution is -2.48. The highest BCUT2D eigenvalue weighted by molar-refractivity contribution is 5.99. The van der Waals surface area contributed by atoms with Crippen molar-refractivity contribution < 1.29 is 23.9 Å². The van der Waals surface area contributed by atoms with E-state index in [9.17, 15) is 14.4 Å². The van der Waals surface area contributed by atoms with Crippen molar-refractivity contribution >= 4 is 23.4 Å². The van der Waals surface area contributed by atoms with Crippen LogP contribution in [-0.2, 0) is 14.3 Å². The number of rotatable bonds is 5. The fraction of sp³-hybridized carbons (Fsp3) is 0.679. The van der Waals surface area contributed by atoms with Crippen molar-refractivity contribution in [2.75, 3.05) is 39.2 Å². The van der Waals surface area contributed by atoms with Crippen LogP contribution in [0.15, 0.2) is 18.2 Å². The van der Waals surface area contributed by atoms with Crippen molar-refractivity contribution in [1.82, 2.24) is 9.80 Å². The van der Waals surface area contributed by atoms with E-state index in [0.29, 0.717) is 42.4 Å². The van der Waals surface area contributed by atoms with Gasteiger partial charge in [0.1, 0.15) is 12.4 Å². The standard InChI is InChI=1S/C28H41N3O5/c1-18-15-31(26(32)13-20-9-10-20)19(2)17-36-24-12-11-22(29-27(33)21-7-5-6-8-21)14-23(24)28(34)30(3)16-25(18)35-4/h11-12,14,18-21,25H,5-10,13,15-17H2,1-4H3,(H,29,33)/t18-,19+,25+/m0/s1. The molecule has 3 aliphatic rings. The van der Waals surface area contributed by atoms with Gasteiger partial charge in [-0.15, -0.1) is 0 Å². The van der Waals surface area contributed by atoms with Crippen LogP contribution in [0.3, 0.4) is 0 Å². The minimum absolute atomic E-state index is 0.00837. The number of nitrogens with zero attached hydrogens (tertiary/aromatic N) is 2. The molecule has 0 aromatic heterocycles. The predicted octanol–water partition coefficient (Wildman–Crippen LogP) is 3.95. The fourth-order valence-electron chi connectivity index (χ4n) is 5.32. The molecule has 2 fully saturated rings. The minimum atomic E-state index is -0.226. The molecule has 2 aliphatic carbocycles. The summed E-state index contributed by atoms with van der Waals surface area (Å²) in [5, 5.41) is 2.99. The van der Waals surface area contributed by atoms with Crippen LogP contribution in [0, 0.1) is 17.8 Å². The summed E-state index contributed by atoms with van der Waals surface area (Å²) in [4.78, 5) is 42.9. The summed E-state index contributed by atoms with van der Waals surface area (Å²) in [6.07, 6.45) is 6.58. The summed E-state index contributed by atoms with van der Waals surface area (Å²) >= 11 is 0. The number of benzene rings is 1. The van der Waals surface area contributed by atoms with E-state index in [1.165, 1.54) is 0 Å². The average molecular weight is 500 g/mol. The summed E-state index contributed by atoms with van der Waals surface area (Å²) in [7, 11) is 3.40. The Kier molecular flexibility index (Phi) is 8.54. The molecule has 0 spiro atoms. The van der Waals surface area contributed by atoms with Crippen LogP contribution in [0.1, 0.15) is 69.2 Å². The maximum absolute atomic E-state index is 13.5. The summed E-state index contributed by atoms with van der Waals surface area (Å²) < 4.78 is 11.9. The molecule has 2 saturated carbocycles. The Morgan fingerprint density at radius 3 is 2.50 bits per heavy atom. The van der Waals surface area contributed by atoms with Crippen LogP contribution < -0.4 is 10.1 Å². The first kappa shape index (κ1) is 26.5. The van der Waals surface area contributed by atoms with E-state index in [-0.39, 0.29) is 48.3 Å². The summed E-state index contributed by atoms with van der Waals surface area (Å²) in [6, 6.07) is 5.08. The van der Waals surface area contributed by atoms with E-state index in [1.54, 1.807) is 37.3 Å². The van der Waals surface area contributed by atoms with E-state index < -0.39 is 0 Å². The van der Waals surface area contributed by atoms with Gasteiger partial charge in [0.25, 0.3) is 5.91 Å². The smallest absolute Gasteiger partial charge is 0.257 e. The molecule has 8 nitrogen and oxygen atoms in total. The van der Waals surface area contributed by atoms with E-state index in [1.807, 2.05) is 11.8 Å². The molecule has 0 bridgehead atoms. The first-order valence-corrected chi connectivity index (χ1v) is 13.4. The Labute approximate surface area is 214 Å². The number of amides is 3. The Balaban J connectivity index is 1.59. The van der Waals surface area contributed by atoms with Gasteiger partial charge in [-0.25, -0.2) is 0 Å². The molecule has 3 amide bonds. The van der Waals surface area contributed by atoms with Gasteiger partial charge in [0.05, 0.1) is 17.7 Å². The van der Waals surface area contributed by atoms with E-state index in [4.69, 9.17) is 9.47 Å². The monoisotopic (exact) mass is 499 g/mol. The number of anilines is 1. The summed E-state index contributed by atoms with van der Waals surface area (Å²) in [5.74, 6) is 0.996. The Morgan fingerprint density at radius 1 is 1.11 bits per heavy atom. The number of carbonyl (C=O) groups excluding carboxylic acids is 3. The maximum Gasteiger partial charge on any atom is 0.257 e. The molecule has 0 radical (unpaired) electrons. The lowest BCUT2D eigenvalue weighted by atomic mass is 10.0. The second kappa shape index (κ2) is 11.6. The topological polar surface area (TPSA) is 88.2 Å². The van der Waals surface area contributed by atoms with Crippen LogP contribution in [-0.4, -0.2) is 73.5 Å². The van der Waals surface area contributed by atoms with Gasteiger partial charge in [-0.3, -0.25) is 14.4 Å². The van der Waals surface area contributed by atoms with Crippen molar-refractivity contribution in [3.8, 4) is 5.75 Å². The molecule has 1 aliphatic heterocycles. The fourth-order valence-corrected chi connectivity index (χ4v) is 5.32. The third kappa shape index (κ3) is 6.38. The molecule has 1 aromatic carbocycles. The molecule has 8 heteroatoms. The first-order chi connectivity index (χ1) is 17.3. The van der Waals surface area contributed by atoms with Crippen molar-refractivity contribution in [2.24, 2.45) is 17.8 Å². The molecule has 0 saturated heterocycles. The van der Waals surface area contributed by atoms with Crippen LogP contribution in [0.25, 0.3) is 0 Å². The van der Waals surface area contributed by atoms with Crippen molar-refractivity contribution in [3.05, 3.63) is 23.8 Å². The third-order valence-corrected chi connectivity index (χ3v) is 7.92. The quantitative estimate of drug-likeness (QED) is 0.663. The zero-order chi connectivity index (χ0) is 25.8. The molecule has 3 atom stereocenters. The van der Waals surface area contributed by atoms with Crippen LogP contribution >= 0.6 is 0 Å². The number of carbonyl (C=O) groups is 3. The molecule has 198 valence electrons. The molecule has 1 aromatic rings. The Morgan fingerprint density at radius 2 is 1.83 bits per heavy atom. The molecule has 1 N–H and O–H groups in total. The second-order valence-electron chi connectivity index (χ2n) is 11.0. The number of hydrogen-bond donors (Lipinski definition) is 1. The molecular weight excluding hydrogens is 458 g/mol. The lowest BCUT2D eigenvalue weighted by Gasteiger charge is -2.36. The number of methoxy groups -OCH3 is 1. The van der Waals surface area contributed by atoms with E-state index in [0.717, 1.165) is 38.5 Å². The molecule has 4 rings (SSSR count). The summed E-state index contributed by atoms with van der Waals surface area (Å²) in [6.45, 7) is 5.27. The van der Waals surface area contributed by atoms with Gasteiger partial charge in [-0.05, 0) is 56.7 Å². The lowest BCUT2D eigenvalue weighted by molar-refractivity contribution is -0.135. The second-order valence-corrected chi connectivity index (χ2v) is 11.0. The highest BCUT2D eigenvalue weighted by Gasteiger charge is 2.33. The van der Waals surface area contributed by atoms with Crippen molar-refractivity contribution in [1.29, 1.82) is 0 Å². The highest BCUT2D eigenvalue weighted by Crippen LogP contribution is 2.34. The maximum atomic E-state index is 13.5. The first-order valence-electron chi connectivity index (χ1n) is 13.4.